The Bertz CT molecular complexity index is 621. The van der Waals surface area contributed by atoms with Crippen molar-refractivity contribution in [2.24, 2.45) is 0 Å². The molecule has 0 unspecified atom stereocenters. The van der Waals surface area contributed by atoms with Gasteiger partial charge in [-0.3, -0.25) is 0 Å². The van der Waals surface area contributed by atoms with E-state index in [1.165, 1.54) is 19.3 Å². The maximum absolute atomic E-state index is 13.3. The van der Waals surface area contributed by atoms with Gasteiger partial charge in [-0.25, -0.2) is 0 Å². The number of fused-ring (bicyclic) bond motifs is 1. The second kappa shape index (κ2) is 6.72. The summed E-state index contributed by atoms with van der Waals surface area (Å²) in [5.74, 6) is 0.109. The van der Waals surface area contributed by atoms with Gasteiger partial charge in [0.25, 0.3) is 0 Å². The molecule has 0 bridgehead atoms. The summed E-state index contributed by atoms with van der Waals surface area (Å²) < 4.78 is 31.3. The van der Waals surface area contributed by atoms with Crippen LogP contribution in [-0.4, -0.2) is 42.0 Å². The van der Waals surface area contributed by atoms with E-state index in [4.69, 9.17) is 5.11 Å². The van der Waals surface area contributed by atoms with Crippen LogP contribution in [0.5, 0.6) is 5.75 Å². The van der Waals surface area contributed by atoms with Gasteiger partial charge in [0.15, 0.2) is 0 Å². The van der Waals surface area contributed by atoms with Crippen molar-refractivity contribution in [3.63, 3.8) is 0 Å². The van der Waals surface area contributed by atoms with Crippen LogP contribution in [0.4, 0.5) is 14.5 Å². The Morgan fingerprint density at radius 2 is 2.04 bits per heavy atom. The van der Waals surface area contributed by atoms with Gasteiger partial charge < -0.3 is 20.1 Å². The van der Waals surface area contributed by atoms with Gasteiger partial charge in [0, 0.05) is 29.9 Å². The fourth-order valence-electron chi connectivity index (χ4n) is 4.15. The van der Waals surface area contributed by atoms with E-state index in [9.17, 15) is 8.78 Å². The number of piperazine rings is 1. The molecule has 1 aromatic rings. The minimum absolute atomic E-state index is 0.00546. The Morgan fingerprint density at radius 1 is 1.32 bits per heavy atom. The number of nitrogens with one attached hydrogen (secondary N) is 1. The number of nitrogens with zero attached hydrogens (tertiary/aromatic N) is 1. The molecule has 3 rings (SSSR count). The van der Waals surface area contributed by atoms with Crippen molar-refractivity contribution in [1.82, 2.24) is 5.32 Å². The molecule has 0 aromatic heterocycles. The molecular formula is C19H28F2N2O2. The van der Waals surface area contributed by atoms with Gasteiger partial charge in [-0.05, 0) is 57.4 Å². The molecule has 2 atom stereocenters. The molecule has 1 saturated carbocycles. The van der Waals surface area contributed by atoms with Crippen LogP contribution in [0, 0.1) is 6.92 Å². The first-order valence-corrected chi connectivity index (χ1v) is 9.03. The van der Waals surface area contributed by atoms with E-state index in [0.717, 1.165) is 18.7 Å². The molecular weight excluding hydrogens is 326 g/mol. The average Bonchev–Trinajstić information content (AvgIpc) is 2.55. The van der Waals surface area contributed by atoms with E-state index < -0.39 is 12.7 Å². The van der Waals surface area contributed by atoms with E-state index in [1.54, 1.807) is 13.0 Å². The van der Waals surface area contributed by atoms with Crippen LogP contribution in [0.1, 0.15) is 45.1 Å². The SMILES string of the molecule is Cc1cc(N2CC(C)(C)N[C@@H]3CCCC[C@H]32)ccc1OC(F)(F)CO. The molecule has 1 heterocycles. The molecule has 0 spiro atoms. The second-order valence-electron chi connectivity index (χ2n) is 7.96. The number of benzene rings is 1. The van der Waals surface area contributed by atoms with Crippen molar-refractivity contribution >= 4 is 5.69 Å². The molecule has 1 aliphatic heterocycles. The lowest BCUT2D eigenvalue weighted by Crippen LogP contribution is -2.67. The smallest absolute Gasteiger partial charge is 0.421 e. The lowest BCUT2D eigenvalue weighted by atomic mass is 9.83. The highest BCUT2D eigenvalue weighted by Crippen LogP contribution is 2.36. The first-order valence-electron chi connectivity index (χ1n) is 9.03. The van der Waals surface area contributed by atoms with E-state index in [1.807, 2.05) is 12.1 Å². The summed E-state index contributed by atoms with van der Waals surface area (Å²) in [4.78, 5) is 2.42. The number of hydrogen-bond donors (Lipinski definition) is 2. The van der Waals surface area contributed by atoms with E-state index >= 15 is 0 Å². The van der Waals surface area contributed by atoms with E-state index in [-0.39, 0.29) is 11.3 Å². The number of aryl methyl sites for hydroxylation is 1. The van der Waals surface area contributed by atoms with Crippen LogP contribution in [0.3, 0.4) is 0 Å². The van der Waals surface area contributed by atoms with Crippen molar-refractivity contribution in [3.05, 3.63) is 23.8 Å². The fraction of sp³-hybridized carbons (Fsp3) is 0.684. The summed E-state index contributed by atoms with van der Waals surface area (Å²) in [5.41, 5.74) is 1.70. The maximum atomic E-state index is 13.3. The Hall–Kier alpha value is -1.40. The third-order valence-corrected chi connectivity index (χ3v) is 5.21. The molecule has 25 heavy (non-hydrogen) atoms. The number of hydrogen-bond acceptors (Lipinski definition) is 4. The number of halogens is 2. The van der Waals surface area contributed by atoms with Crippen molar-refractivity contribution < 1.29 is 18.6 Å². The van der Waals surface area contributed by atoms with Crippen LogP contribution in [0.15, 0.2) is 18.2 Å². The largest absolute Gasteiger partial charge is 0.431 e. The highest BCUT2D eigenvalue weighted by molar-refractivity contribution is 5.55. The standard InChI is InChI=1S/C19H28F2N2O2/c1-13-10-14(8-9-17(13)25-19(20,21)12-24)23-11-18(2,3)22-15-6-4-5-7-16(15)23/h8-10,15-16,22,24H,4-7,11-12H2,1-3H3/t15-,16-/m1/s1. The monoisotopic (exact) mass is 354 g/mol. The third kappa shape index (κ3) is 4.06. The average molecular weight is 354 g/mol. The Balaban J connectivity index is 1.85. The third-order valence-electron chi connectivity index (χ3n) is 5.21. The molecule has 1 aromatic carbocycles. The van der Waals surface area contributed by atoms with Crippen molar-refractivity contribution in [2.75, 3.05) is 18.1 Å². The lowest BCUT2D eigenvalue weighted by molar-refractivity contribution is -0.201. The van der Waals surface area contributed by atoms with Gasteiger partial charge in [-0.2, -0.15) is 8.78 Å². The number of aliphatic hydroxyl groups excluding tert-OH is 1. The fourth-order valence-corrected chi connectivity index (χ4v) is 4.15. The van der Waals surface area contributed by atoms with Gasteiger partial charge in [0.1, 0.15) is 12.4 Å². The first-order chi connectivity index (χ1) is 11.7. The predicted octanol–water partition coefficient (Wildman–Crippen LogP) is 3.46. The van der Waals surface area contributed by atoms with Gasteiger partial charge >= 0.3 is 6.11 Å². The van der Waals surface area contributed by atoms with Gasteiger partial charge in [0.2, 0.25) is 0 Å². The quantitative estimate of drug-likeness (QED) is 0.869. The van der Waals surface area contributed by atoms with E-state index in [0.29, 0.717) is 17.6 Å². The van der Waals surface area contributed by atoms with E-state index in [2.05, 4.69) is 28.8 Å². The zero-order valence-corrected chi connectivity index (χ0v) is 15.2. The van der Waals surface area contributed by atoms with Crippen molar-refractivity contribution in [1.29, 1.82) is 0 Å². The molecule has 1 aliphatic carbocycles. The topological polar surface area (TPSA) is 44.7 Å². The molecule has 0 amide bonds. The normalized spacial score (nSPS) is 26.2. The zero-order chi connectivity index (χ0) is 18.2. The molecule has 140 valence electrons. The number of alkyl halides is 2. The summed E-state index contributed by atoms with van der Waals surface area (Å²) in [6.45, 7) is 5.72. The van der Waals surface area contributed by atoms with Gasteiger partial charge in [0.05, 0.1) is 0 Å². The second-order valence-corrected chi connectivity index (χ2v) is 7.96. The van der Waals surface area contributed by atoms with Gasteiger partial charge in [-0.15, -0.1) is 0 Å². The highest BCUT2D eigenvalue weighted by Gasteiger charge is 2.40. The molecule has 1 saturated heterocycles. The van der Waals surface area contributed by atoms with Crippen molar-refractivity contribution in [2.45, 2.75) is 70.2 Å². The number of aliphatic hydroxyl groups is 1. The molecule has 0 radical (unpaired) electrons. The number of rotatable bonds is 4. The Kier molecular flexibility index (Phi) is 4.95. The first kappa shape index (κ1) is 18.4. The van der Waals surface area contributed by atoms with Crippen molar-refractivity contribution in [3.8, 4) is 5.75 Å². The van der Waals surface area contributed by atoms with Crippen LogP contribution < -0.4 is 15.0 Å². The minimum atomic E-state index is -3.56. The molecule has 6 heteroatoms. The molecule has 2 fully saturated rings. The zero-order valence-electron chi connectivity index (χ0n) is 15.2. The van der Waals surface area contributed by atoms with Crippen LogP contribution >= 0.6 is 0 Å². The molecule has 2 N–H and O–H groups in total. The number of ether oxygens (including phenoxy) is 1. The molecule has 4 nitrogen and oxygen atoms in total. The minimum Gasteiger partial charge on any atom is -0.431 e. The number of anilines is 1. The summed E-state index contributed by atoms with van der Waals surface area (Å²) in [5, 5.41) is 12.5. The van der Waals surface area contributed by atoms with Crippen LogP contribution in [-0.2, 0) is 0 Å². The molecule has 2 aliphatic rings. The summed E-state index contributed by atoms with van der Waals surface area (Å²) in [6, 6.07) is 6.25. The van der Waals surface area contributed by atoms with Crippen LogP contribution in [0.2, 0.25) is 0 Å². The Labute approximate surface area is 148 Å². The summed E-state index contributed by atoms with van der Waals surface area (Å²) in [6.07, 6.45) is 1.24. The summed E-state index contributed by atoms with van der Waals surface area (Å²) >= 11 is 0. The Morgan fingerprint density at radius 3 is 2.72 bits per heavy atom. The lowest BCUT2D eigenvalue weighted by Gasteiger charge is -2.52. The maximum Gasteiger partial charge on any atom is 0.421 e. The van der Waals surface area contributed by atoms with Gasteiger partial charge in [-0.1, -0.05) is 12.8 Å². The summed E-state index contributed by atoms with van der Waals surface area (Å²) in [7, 11) is 0. The predicted molar refractivity (Wildman–Crippen MR) is 94.4 cm³/mol. The highest BCUT2D eigenvalue weighted by atomic mass is 19.3. The van der Waals surface area contributed by atoms with Crippen LogP contribution in [0.25, 0.3) is 0 Å².